The zero-order chi connectivity index (χ0) is 21.4. The summed E-state index contributed by atoms with van der Waals surface area (Å²) in [5.41, 5.74) is 1.89. The minimum absolute atomic E-state index is 0.0236. The van der Waals surface area contributed by atoms with Gasteiger partial charge in [-0.2, -0.15) is 0 Å². The van der Waals surface area contributed by atoms with Crippen LogP contribution in [0.4, 0.5) is 5.69 Å². The van der Waals surface area contributed by atoms with Gasteiger partial charge in [0.2, 0.25) is 15.9 Å². The lowest BCUT2D eigenvalue weighted by Crippen LogP contribution is -2.34. The van der Waals surface area contributed by atoms with Gasteiger partial charge in [0.05, 0.1) is 7.11 Å². The van der Waals surface area contributed by atoms with Gasteiger partial charge in [0.15, 0.2) is 0 Å². The van der Waals surface area contributed by atoms with Crippen LogP contribution in [0.5, 0.6) is 5.75 Å². The van der Waals surface area contributed by atoms with Crippen LogP contribution in [0.2, 0.25) is 0 Å². The predicted octanol–water partition coefficient (Wildman–Crippen LogP) is 2.06. The van der Waals surface area contributed by atoms with Crippen molar-refractivity contribution < 1.29 is 22.7 Å². The summed E-state index contributed by atoms with van der Waals surface area (Å²) in [6.45, 7) is 3.72. The van der Waals surface area contributed by atoms with Crippen molar-refractivity contribution in [3.63, 3.8) is 0 Å². The number of anilines is 1. The Balaban J connectivity index is 1.88. The Morgan fingerprint density at radius 1 is 1.03 bits per heavy atom. The molecular formula is C20H25N3O5S. The van der Waals surface area contributed by atoms with Crippen LogP contribution in [0.1, 0.15) is 29.3 Å². The molecule has 0 fully saturated rings. The van der Waals surface area contributed by atoms with E-state index in [0.717, 1.165) is 5.56 Å². The molecule has 9 heteroatoms. The lowest BCUT2D eigenvalue weighted by atomic mass is 10.2. The topological polar surface area (TPSA) is 114 Å². The second kappa shape index (κ2) is 10.0. The van der Waals surface area contributed by atoms with Gasteiger partial charge in [-0.1, -0.05) is 13.0 Å². The van der Waals surface area contributed by atoms with E-state index in [9.17, 15) is 18.0 Å². The Morgan fingerprint density at radius 2 is 1.72 bits per heavy atom. The molecule has 8 nitrogen and oxygen atoms in total. The van der Waals surface area contributed by atoms with Crippen molar-refractivity contribution in [3.8, 4) is 5.75 Å². The summed E-state index contributed by atoms with van der Waals surface area (Å²) in [7, 11) is -2.36. The van der Waals surface area contributed by atoms with Crippen molar-refractivity contribution >= 4 is 27.5 Å². The molecule has 2 amide bonds. The molecule has 0 atom stereocenters. The van der Waals surface area contributed by atoms with Crippen LogP contribution in [0.25, 0.3) is 0 Å². The van der Waals surface area contributed by atoms with Crippen LogP contribution >= 0.6 is 0 Å². The molecule has 2 aromatic rings. The van der Waals surface area contributed by atoms with Gasteiger partial charge in [-0.3, -0.25) is 9.59 Å². The van der Waals surface area contributed by atoms with Crippen molar-refractivity contribution in [2.75, 3.05) is 25.5 Å². The van der Waals surface area contributed by atoms with Gasteiger partial charge < -0.3 is 15.4 Å². The van der Waals surface area contributed by atoms with E-state index in [0.29, 0.717) is 17.7 Å². The zero-order valence-electron chi connectivity index (χ0n) is 16.6. The molecule has 0 radical (unpaired) electrons. The van der Waals surface area contributed by atoms with Gasteiger partial charge in [-0.15, -0.1) is 0 Å². The Hall–Kier alpha value is -2.91. The molecule has 3 N–H and O–H groups in total. The van der Waals surface area contributed by atoms with Crippen LogP contribution in [-0.4, -0.2) is 40.4 Å². The van der Waals surface area contributed by atoms with E-state index in [-0.39, 0.29) is 35.5 Å². The smallest absolute Gasteiger partial charge is 0.251 e. The molecule has 156 valence electrons. The molecule has 2 aromatic carbocycles. The molecule has 0 saturated heterocycles. The largest absolute Gasteiger partial charge is 0.495 e. The third-order valence-corrected chi connectivity index (χ3v) is 5.56. The van der Waals surface area contributed by atoms with Gasteiger partial charge in [0.25, 0.3) is 5.91 Å². The first-order valence-electron chi connectivity index (χ1n) is 9.09. The normalized spacial score (nSPS) is 11.0. The molecule has 0 aliphatic heterocycles. The number of ether oxygens (including phenoxy) is 1. The number of amides is 2. The number of aryl methyl sites for hydroxylation is 1. The molecule has 2 rings (SSSR count). The highest BCUT2D eigenvalue weighted by atomic mass is 32.2. The Bertz CT molecular complexity index is 972. The number of carbonyl (C=O) groups is 2. The third-order valence-electron chi connectivity index (χ3n) is 4.06. The Labute approximate surface area is 170 Å². The van der Waals surface area contributed by atoms with Crippen LogP contribution in [-0.2, 0) is 14.8 Å². The number of benzene rings is 2. The van der Waals surface area contributed by atoms with Crippen LogP contribution < -0.4 is 20.1 Å². The van der Waals surface area contributed by atoms with E-state index >= 15 is 0 Å². The molecule has 0 spiro atoms. The number of hydrogen-bond acceptors (Lipinski definition) is 5. The number of carbonyl (C=O) groups excluding carboxylic acids is 2. The fraction of sp³-hybridized carbons (Fsp3) is 0.300. The Kier molecular flexibility index (Phi) is 7.74. The van der Waals surface area contributed by atoms with Gasteiger partial charge in [-0.25, -0.2) is 13.1 Å². The van der Waals surface area contributed by atoms with Crippen molar-refractivity contribution in [1.82, 2.24) is 10.0 Å². The minimum atomic E-state index is -3.77. The lowest BCUT2D eigenvalue weighted by molar-refractivity contribution is -0.115. The van der Waals surface area contributed by atoms with E-state index in [4.69, 9.17) is 4.74 Å². The molecule has 0 saturated carbocycles. The maximum absolute atomic E-state index is 12.4. The highest BCUT2D eigenvalue weighted by Gasteiger charge is 2.19. The second-order valence-electron chi connectivity index (χ2n) is 6.29. The van der Waals surface area contributed by atoms with Gasteiger partial charge in [0.1, 0.15) is 10.6 Å². The Morgan fingerprint density at radius 3 is 2.34 bits per heavy atom. The predicted molar refractivity (Wildman–Crippen MR) is 111 cm³/mol. The van der Waals surface area contributed by atoms with E-state index in [1.54, 1.807) is 43.3 Å². The summed E-state index contributed by atoms with van der Waals surface area (Å²) in [5, 5.41) is 5.35. The van der Waals surface area contributed by atoms with Crippen LogP contribution in [0.3, 0.4) is 0 Å². The summed E-state index contributed by atoms with van der Waals surface area (Å²) in [6.07, 6.45) is 0.368. The van der Waals surface area contributed by atoms with Crippen molar-refractivity contribution in [1.29, 1.82) is 0 Å². The molecular weight excluding hydrogens is 394 g/mol. The van der Waals surface area contributed by atoms with Crippen molar-refractivity contribution in [3.05, 3.63) is 53.6 Å². The summed E-state index contributed by atoms with van der Waals surface area (Å²) in [4.78, 5) is 23.6. The number of nitrogens with one attached hydrogen (secondary N) is 3. The lowest BCUT2D eigenvalue weighted by Gasteiger charge is -2.12. The maximum atomic E-state index is 12.4. The molecule has 0 aromatic heterocycles. The molecule has 0 aliphatic rings. The molecule has 29 heavy (non-hydrogen) atoms. The van der Waals surface area contributed by atoms with E-state index in [1.807, 2.05) is 6.92 Å². The monoisotopic (exact) mass is 419 g/mol. The maximum Gasteiger partial charge on any atom is 0.251 e. The van der Waals surface area contributed by atoms with Crippen LogP contribution in [0.15, 0.2) is 47.4 Å². The van der Waals surface area contributed by atoms with Gasteiger partial charge in [-0.05, 0) is 48.9 Å². The molecule has 0 heterocycles. The number of methoxy groups -OCH3 is 1. The summed E-state index contributed by atoms with van der Waals surface area (Å²) >= 11 is 0. The first kappa shape index (κ1) is 22.4. The van der Waals surface area contributed by atoms with E-state index in [1.165, 1.54) is 13.2 Å². The average Bonchev–Trinajstić information content (AvgIpc) is 2.71. The summed E-state index contributed by atoms with van der Waals surface area (Å²) in [6, 6.07) is 11.2. The fourth-order valence-corrected chi connectivity index (χ4v) is 3.67. The van der Waals surface area contributed by atoms with Crippen LogP contribution in [0, 0.1) is 6.92 Å². The van der Waals surface area contributed by atoms with E-state index in [2.05, 4.69) is 15.4 Å². The number of hydrogen-bond donors (Lipinski definition) is 3. The quantitative estimate of drug-likeness (QED) is 0.539. The minimum Gasteiger partial charge on any atom is -0.495 e. The van der Waals surface area contributed by atoms with Gasteiger partial charge >= 0.3 is 0 Å². The zero-order valence-corrected chi connectivity index (χ0v) is 17.4. The van der Waals surface area contributed by atoms with Crippen molar-refractivity contribution in [2.45, 2.75) is 25.2 Å². The van der Waals surface area contributed by atoms with Gasteiger partial charge in [0, 0.05) is 30.8 Å². The molecule has 0 aliphatic carbocycles. The summed E-state index contributed by atoms with van der Waals surface area (Å²) < 4.78 is 32.5. The van der Waals surface area contributed by atoms with E-state index < -0.39 is 10.0 Å². The highest BCUT2D eigenvalue weighted by molar-refractivity contribution is 7.89. The third kappa shape index (κ3) is 6.30. The molecule has 0 unspecified atom stereocenters. The standard InChI is InChI=1S/C20H25N3O5S/c1-4-19(24)23-16-8-6-15(7-9-16)20(25)21-11-12-22-29(26,27)18-10-5-14(2)13-17(18)28-3/h5-10,13,22H,4,11-12H2,1-3H3,(H,21,25)(H,23,24). The summed E-state index contributed by atoms with van der Waals surface area (Å²) in [5.74, 6) is -0.193. The number of rotatable bonds is 9. The SMILES string of the molecule is CCC(=O)Nc1ccc(C(=O)NCCNS(=O)(=O)c2ccc(C)cc2OC)cc1. The van der Waals surface area contributed by atoms with Crippen molar-refractivity contribution in [2.24, 2.45) is 0 Å². The fourth-order valence-electron chi connectivity index (χ4n) is 2.49. The average molecular weight is 420 g/mol. The molecule has 0 bridgehead atoms. The highest BCUT2D eigenvalue weighted by Crippen LogP contribution is 2.24. The second-order valence-corrected chi connectivity index (χ2v) is 8.02. The first-order chi connectivity index (χ1) is 13.8. The number of sulfonamides is 1. The first-order valence-corrected chi connectivity index (χ1v) is 10.6.